The lowest BCUT2D eigenvalue weighted by Gasteiger charge is -2.60. The van der Waals surface area contributed by atoms with E-state index < -0.39 is 0 Å². The summed E-state index contributed by atoms with van der Waals surface area (Å²) in [6.45, 7) is 13.7. The highest BCUT2D eigenvalue weighted by Crippen LogP contribution is 2.43. The molecule has 0 saturated carbocycles. The molecule has 3 aliphatic heterocycles. The molecule has 0 spiro atoms. The molecule has 3 heteroatoms. The number of aryl methyl sites for hydroxylation is 3. The Kier molecular flexibility index (Phi) is 2.86. The average Bonchev–Trinajstić information content (AvgIpc) is 2.32. The second-order valence-corrected chi connectivity index (χ2v) is 6.55. The Bertz CT molecular complexity index is 478. The number of hydrogen-bond acceptors (Lipinski definition) is 3. The van der Waals surface area contributed by atoms with Crippen LogP contribution in [0.1, 0.15) is 43.6 Å². The number of hydrogen-bond donors (Lipinski definition) is 0. The molecule has 0 amide bonds. The standard InChI is InChI=1S/C16H25N3/c1-11-10-12(2)17-13(3)15(11)19-14(4)18-8-6-16(19,5)7-9-18/h10,14H,6-9H2,1-5H3. The van der Waals surface area contributed by atoms with Gasteiger partial charge in [0, 0.05) is 24.3 Å². The molecule has 4 heterocycles. The third-order valence-corrected chi connectivity index (χ3v) is 5.09. The fourth-order valence-corrected chi connectivity index (χ4v) is 4.07. The smallest absolute Gasteiger partial charge is 0.0798 e. The van der Waals surface area contributed by atoms with Crippen LogP contribution in [0.4, 0.5) is 5.69 Å². The quantitative estimate of drug-likeness (QED) is 0.773. The van der Waals surface area contributed by atoms with Crippen LogP contribution < -0.4 is 4.90 Å². The molecule has 0 aliphatic carbocycles. The number of piperidine rings is 1. The molecule has 0 N–H and O–H groups in total. The molecule has 0 radical (unpaired) electrons. The largest absolute Gasteiger partial charge is 0.349 e. The van der Waals surface area contributed by atoms with Crippen molar-refractivity contribution in [3.05, 3.63) is 23.0 Å². The van der Waals surface area contributed by atoms with Crippen LogP contribution in [0.2, 0.25) is 0 Å². The van der Waals surface area contributed by atoms with Crippen molar-refractivity contribution in [3.8, 4) is 0 Å². The van der Waals surface area contributed by atoms with Gasteiger partial charge in [0.1, 0.15) is 0 Å². The molecule has 2 bridgehead atoms. The molecule has 3 fully saturated rings. The second kappa shape index (κ2) is 4.20. The summed E-state index contributed by atoms with van der Waals surface area (Å²) < 4.78 is 0. The van der Waals surface area contributed by atoms with E-state index in [1.807, 2.05) is 0 Å². The van der Waals surface area contributed by atoms with Crippen molar-refractivity contribution >= 4 is 5.69 Å². The van der Waals surface area contributed by atoms with E-state index in [2.05, 4.69) is 50.5 Å². The van der Waals surface area contributed by atoms with Crippen molar-refractivity contribution in [1.29, 1.82) is 0 Å². The van der Waals surface area contributed by atoms with Crippen LogP contribution in [0.15, 0.2) is 6.07 Å². The Morgan fingerprint density at radius 1 is 1.21 bits per heavy atom. The minimum Gasteiger partial charge on any atom is -0.349 e. The van der Waals surface area contributed by atoms with E-state index in [0.29, 0.717) is 11.7 Å². The van der Waals surface area contributed by atoms with Gasteiger partial charge in [-0.3, -0.25) is 9.88 Å². The minimum atomic E-state index is 0.306. The van der Waals surface area contributed by atoms with Crippen LogP contribution >= 0.6 is 0 Å². The van der Waals surface area contributed by atoms with Crippen LogP contribution in [0.3, 0.4) is 0 Å². The zero-order chi connectivity index (χ0) is 13.8. The number of aromatic nitrogens is 1. The monoisotopic (exact) mass is 259 g/mol. The first-order valence-corrected chi connectivity index (χ1v) is 7.41. The summed E-state index contributed by atoms with van der Waals surface area (Å²) in [5.74, 6) is 0. The molecule has 1 aromatic heterocycles. The van der Waals surface area contributed by atoms with Crippen molar-refractivity contribution in [3.63, 3.8) is 0 Å². The number of nitrogens with zero attached hydrogens (tertiary/aromatic N) is 3. The normalized spacial score (nSPS) is 33.8. The first-order chi connectivity index (χ1) is 8.92. The van der Waals surface area contributed by atoms with Crippen LogP contribution in [0.5, 0.6) is 0 Å². The van der Waals surface area contributed by atoms with Crippen molar-refractivity contribution in [2.24, 2.45) is 0 Å². The Balaban J connectivity index is 2.11. The SMILES string of the molecule is Cc1cc(C)c(N2C(C)N3CCC2(C)CC3)c(C)n1. The lowest BCUT2D eigenvalue weighted by atomic mass is 9.82. The summed E-state index contributed by atoms with van der Waals surface area (Å²) in [5.41, 5.74) is 5.34. The minimum absolute atomic E-state index is 0.306. The topological polar surface area (TPSA) is 19.4 Å². The van der Waals surface area contributed by atoms with E-state index in [4.69, 9.17) is 4.98 Å². The maximum Gasteiger partial charge on any atom is 0.0798 e. The van der Waals surface area contributed by atoms with Gasteiger partial charge in [0.15, 0.2) is 0 Å². The lowest BCUT2D eigenvalue weighted by molar-refractivity contribution is 0.0483. The Hall–Kier alpha value is -1.09. The molecule has 3 saturated heterocycles. The summed E-state index contributed by atoms with van der Waals surface area (Å²) >= 11 is 0. The van der Waals surface area contributed by atoms with Crippen molar-refractivity contribution in [2.45, 2.75) is 59.2 Å². The molecule has 0 aromatic carbocycles. The summed E-state index contributed by atoms with van der Waals surface area (Å²) in [6, 6.07) is 2.22. The van der Waals surface area contributed by atoms with Crippen molar-refractivity contribution < 1.29 is 0 Å². The molecule has 1 atom stereocenters. The third kappa shape index (κ3) is 1.86. The molecule has 1 unspecified atom stereocenters. The van der Waals surface area contributed by atoms with Crippen LogP contribution in [0.25, 0.3) is 0 Å². The highest BCUT2D eigenvalue weighted by atomic mass is 15.4. The fraction of sp³-hybridized carbons (Fsp3) is 0.688. The van der Waals surface area contributed by atoms with Gasteiger partial charge in [0.2, 0.25) is 0 Å². The molecule has 104 valence electrons. The summed E-state index contributed by atoms with van der Waals surface area (Å²) in [5, 5.41) is 0. The molecule has 19 heavy (non-hydrogen) atoms. The summed E-state index contributed by atoms with van der Waals surface area (Å²) in [4.78, 5) is 9.94. The fourth-order valence-electron chi connectivity index (χ4n) is 4.07. The first kappa shape index (κ1) is 12.9. The third-order valence-electron chi connectivity index (χ3n) is 5.09. The maximum absolute atomic E-state index is 4.70. The van der Waals surface area contributed by atoms with Gasteiger partial charge in [0.25, 0.3) is 0 Å². The van der Waals surface area contributed by atoms with Crippen molar-refractivity contribution in [1.82, 2.24) is 9.88 Å². The summed E-state index contributed by atoms with van der Waals surface area (Å²) in [6.07, 6.45) is 3.03. The van der Waals surface area contributed by atoms with Gasteiger partial charge in [-0.15, -0.1) is 0 Å². The highest BCUT2D eigenvalue weighted by molar-refractivity contribution is 5.60. The predicted octanol–water partition coefficient (Wildman–Crippen LogP) is 3.03. The van der Waals surface area contributed by atoms with Gasteiger partial charge in [-0.1, -0.05) is 0 Å². The molecular weight excluding hydrogens is 234 g/mol. The predicted molar refractivity (Wildman–Crippen MR) is 79.6 cm³/mol. The molecule has 4 rings (SSSR count). The molecule has 3 aliphatic rings. The number of rotatable bonds is 1. The number of pyridine rings is 1. The van der Waals surface area contributed by atoms with Crippen molar-refractivity contribution in [2.75, 3.05) is 18.0 Å². The zero-order valence-corrected chi connectivity index (χ0v) is 12.8. The van der Waals surface area contributed by atoms with E-state index >= 15 is 0 Å². The zero-order valence-electron chi connectivity index (χ0n) is 12.8. The Morgan fingerprint density at radius 2 is 1.84 bits per heavy atom. The van der Waals surface area contributed by atoms with Gasteiger partial charge in [0.05, 0.1) is 17.5 Å². The van der Waals surface area contributed by atoms with Gasteiger partial charge in [-0.2, -0.15) is 0 Å². The average molecular weight is 259 g/mol. The summed E-state index contributed by atoms with van der Waals surface area (Å²) in [7, 11) is 0. The van der Waals surface area contributed by atoms with Gasteiger partial charge >= 0.3 is 0 Å². The Labute approximate surface area is 116 Å². The number of anilines is 1. The molecular formula is C16H25N3. The van der Waals surface area contributed by atoms with Gasteiger partial charge in [-0.05, 0) is 59.1 Å². The maximum atomic E-state index is 4.70. The Morgan fingerprint density at radius 3 is 2.37 bits per heavy atom. The van der Waals surface area contributed by atoms with Gasteiger partial charge < -0.3 is 4.90 Å². The van der Waals surface area contributed by atoms with E-state index in [0.717, 1.165) is 5.69 Å². The molecule has 1 aromatic rings. The van der Waals surface area contributed by atoms with Crippen LogP contribution in [-0.4, -0.2) is 34.7 Å². The van der Waals surface area contributed by atoms with Gasteiger partial charge in [-0.25, -0.2) is 0 Å². The van der Waals surface area contributed by atoms with E-state index in [1.165, 1.54) is 42.9 Å². The van der Waals surface area contributed by atoms with E-state index in [9.17, 15) is 0 Å². The van der Waals surface area contributed by atoms with Crippen LogP contribution in [0, 0.1) is 20.8 Å². The molecule has 3 nitrogen and oxygen atoms in total. The van der Waals surface area contributed by atoms with E-state index in [-0.39, 0.29) is 0 Å². The number of fused-ring (bicyclic) bond motifs is 3. The van der Waals surface area contributed by atoms with E-state index in [1.54, 1.807) is 0 Å². The lowest BCUT2D eigenvalue weighted by Crippen LogP contribution is -2.68. The van der Waals surface area contributed by atoms with Crippen LogP contribution in [-0.2, 0) is 0 Å². The second-order valence-electron chi connectivity index (χ2n) is 6.55. The first-order valence-electron chi connectivity index (χ1n) is 7.41. The highest BCUT2D eigenvalue weighted by Gasteiger charge is 2.46.